The standard InChI is InChI=1S/C30H33F2N5O4/c1-29(2,3)41-28(38)37-21-12-20(13-24(37)30(31,32)14-21)36(4)25-9-8-23-22-7-6-17(10-19(22)16-40-27(23)34-25)18-11-26(39-5)35-33-15-18/h6-11,15,20-21,24H,12-14,16H2,1-5H3. The van der Waals surface area contributed by atoms with Crippen LogP contribution in [0.1, 0.15) is 45.6 Å². The molecule has 1 aromatic carbocycles. The van der Waals surface area contributed by atoms with Crippen LogP contribution in [-0.2, 0) is 11.3 Å². The quantitative estimate of drug-likeness (QED) is 0.397. The molecule has 41 heavy (non-hydrogen) atoms. The van der Waals surface area contributed by atoms with Crippen LogP contribution < -0.4 is 14.4 Å². The molecule has 11 heteroatoms. The number of methoxy groups -OCH3 is 1. The van der Waals surface area contributed by atoms with Gasteiger partial charge in [0.15, 0.2) is 0 Å². The first kappa shape index (κ1) is 27.2. The van der Waals surface area contributed by atoms with Crippen LogP contribution in [0, 0.1) is 0 Å². The van der Waals surface area contributed by atoms with Crippen LogP contribution in [0.15, 0.2) is 42.6 Å². The molecule has 3 unspecified atom stereocenters. The highest BCUT2D eigenvalue weighted by atomic mass is 19.3. The van der Waals surface area contributed by atoms with Gasteiger partial charge in [-0.3, -0.25) is 4.90 Å². The van der Waals surface area contributed by atoms with Gasteiger partial charge in [-0.05, 0) is 68.5 Å². The molecule has 0 aliphatic carbocycles. The van der Waals surface area contributed by atoms with Crippen molar-refractivity contribution < 1.29 is 27.8 Å². The summed E-state index contributed by atoms with van der Waals surface area (Å²) in [4.78, 5) is 20.8. The molecule has 2 fully saturated rings. The lowest BCUT2D eigenvalue weighted by Crippen LogP contribution is -2.55. The van der Waals surface area contributed by atoms with E-state index in [2.05, 4.69) is 16.3 Å². The third-order valence-corrected chi connectivity index (χ3v) is 8.06. The number of alkyl halides is 2. The Morgan fingerprint density at radius 3 is 2.63 bits per heavy atom. The van der Waals surface area contributed by atoms with Gasteiger partial charge in [-0.25, -0.2) is 13.6 Å². The van der Waals surface area contributed by atoms with Gasteiger partial charge in [0.1, 0.15) is 24.1 Å². The number of carbonyl (C=O) groups is 1. The average Bonchev–Trinajstić information content (AvgIpc) is 3.10. The lowest BCUT2D eigenvalue weighted by atomic mass is 9.94. The van der Waals surface area contributed by atoms with Gasteiger partial charge in [-0.2, -0.15) is 10.1 Å². The van der Waals surface area contributed by atoms with E-state index in [9.17, 15) is 4.79 Å². The first-order valence-corrected chi connectivity index (χ1v) is 13.7. The second kappa shape index (κ2) is 9.81. The second-order valence-corrected chi connectivity index (χ2v) is 11.9. The number of benzene rings is 1. The minimum atomic E-state index is -2.97. The fourth-order valence-electron chi connectivity index (χ4n) is 6.10. The molecule has 3 aromatic rings. The molecule has 3 aliphatic rings. The van der Waals surface area contributed by atoms with Crippen LogP contribution in [0.2, 0.25) is 0 Å². The summed E-state index contributed by atoms with van der Waals surface area (Å²) >= 11 is 0. The summed E-state index contributed by atoms with van der Waals surface area (Å²) < 4.78 is 46.7. The summed E-state index contributed by atoms with van der Waals surface area (Å²) in [5.74, 6) is -1.39. The Morgan fingerprint density at radius 2 is 1.90 bits per heavy atom. The molecule has 9 nitrogen and oxygen atoms in total. The van der Waals surface area contributed by atoms with E-state index < -0.39 is 29.7 Å². The van der Waals surface area contributed by atoms with E-state index >= 15 is 8.78 Å². The van der Waals surface area contributed by atoms with Crippen LogP contribution in [-0.4, -0.2) is 70.0 Å². The van der Waals surface area contributed by atoms with Crippen LogP contribution in [0.4, 0.5) is 19.4 Å². The number of rotatable bonds is 4. The van der Waals surface area contributed by atoms with Crippen molar-refractivity contribution in [1.82, 2.24) is 20.1 Å². The molecule has 2 bridgehead atoms. The Morgan fingerprint density at radius 1 is 1.12 bits per heavy atom. The maximum atomic E-state index is 15.0. The van der Waals surface area contributed by atoms with Crippen LogP contribution in [0.3, 0.4) is 0 Å². The molecule has 5 heterocycles. The Kier molecular flexibility index (Phi) is 6.50. The Balaban J connectivity index is 1.21. The number of aromatic nitrogens is 3. The number of pyridine rings is 1. The highest BCUT2D eigenvalue weighted by Gasteiger charge is 2.60. The van der Waals surface area contributed by atoms with E-state index in [0.717, 1.165) is 27.8 Å². The predicted octanol–water partition coefficient (Wildman–Crippen LogP) is 5.72. The summed E-state index contributed by atoms with van der Waals surface area (Å²) in [6, 6.07) is 9.76. The predicted molar refractivity (Wildman–Crippen MR) is 148 cm³/mol. The van der Waals surface area contributed by atoms with Crippen molar-refractivity contribution in [3.8, 4) is 34.0 Å². The third-order valence-electron chi connectivity index (χ3n) is 8.06. The largest absolute Gasteiger partial charge is 0.480 e. The van der Waals surface area contributed by atoms with E-state index in [-0.39, 0.29) is 18.9 Å². The Bertz CT molecular complexity index is 1490. The maximum absolute atomic E-state index is 15.0. The highest BCUT2D eigenvalue weighted by Crippen LogP contribution is 2.48. The zero-order valence-electron chi connectivity index (χ0n) is 23.7. The van der Waals surface area contributed by atoms with Gasteiger partial charge in [0.25, 0.3) is 5.92 Å². The van der Waals surface area contributed by atoms with Crippen molar-refractivity contribution in [2.24, 2.45) is 0 Å². The minimum Gasteiger partial charge on any atom is -0.480 e. The molecule has 216 valence electrons. The fraction of sp³-hybridized carbons (Fsp3) is 0.467. The Hall–Kier alpha value is -4.02. The number of hydrogen-bond donors (Lipinski definition) is 0. The molecule has 3 atom stereocenters. The van der Waals surface area contributed by atoms with E-state index in [0.29, 0.717) is 30.6 Å². The van der Waals surface area contributed by atoms with Crippen molar-refractivity contribution in [3.05, 3.63) is 48.2 Å². The highest BCUT2D eigenvalue weighted by molar-refractivity contribution is 5.78. The van der Waals surface area contributed by atoms with Gasteiger partial charge >= 0.3 is 6.09 Å². The van der Waals surface area contributed by atoms with E-state index in [1.165, 1.54) is 4.90 Å². The monoisotopic (exact) mass is 565 g/mol. The number of piperidine rings is 1. The molecule has 0 saturated carbocycles. The molecule has 1 amide bonds. The zero-order valence-corrected chi connectivity index (χ0v) is 23.7. The molecule has 0 radical (unpaired) electrons. The van der Waals surface area contributed by atoms with Crippen LogP contribution in [0.25, 0.3) is 22.3 Å². The second-order valence-electron chi connectivity index (χ2n) is 11.9. The van der Waals surface area contributed by atoms with E-state index in [1.54, 1.807) is 34.1 Å². The number of halogens is 2. The number of nitrogens with zero attached hydrogens (tertiary/aromatic N) is 5. The van der Waals surface area contributed by atoms with Crippen LogP contribution >= 0.6 is 0 Å². The number of anilines is 1. The van der Waals surface area contributed by atoms with Crippen molar-refractivity contribution in [1.29, 1.82) is 0 Å². The first-order chi connectivity index (χ1) is 19.4. The number of hydrogen-bond acceptors (Lipinski definition) is 8. The summed E-state index contributed by atoms with van der Waals surface area (Å²) in [5, 5.41) is 7.93. The molecule has 2 aromatic heterocycles. The first-order valence-electron chi connectivity index (χ1n) is 13.7. The summed E-state index contributed by atoms with van der Waals surface area (Å²) in [6.07, 6.45) is 1.18. The third kappa shape index (κ3) is 5.02. The molecular formula is C30H33F2N5O4. The SMILES string of the molecule is COc1cc(-c2ccc3c(c2)COc2nc(N(C)C4CC5CC(F)(F)C(C4)N5C(=O)OC(C)(C)C)ccc2-3)cnn1. The number of carbonyl (C=O) groups excluding carboxylic acids is 1. The lowest BCUT2D eigenvalue weighted by molar-refractivity contribution is -0.0492. The maximum Gasteiger partial charge on any atom is 0.411 e. The molecule has 0 N–H and O–H groups in total. The van der Waals surface area contributed by atoms with Crippen molar-refractivity contribution in [3.63, 3.8) is 0 Å². The van der Waals surface area contributed by atoms with Crippen LogP contribution in [0.5, 0.6) is 11.8 Å². The topological polar surface area (TPSA) is 89.9 Å². The summed E-state index contributed by atoms with van der Waals surface area (Å²) in [7, 11) is 3.41. The van der Waals surface area contributed by atoms with Crippen molar-refractivity contribution in [2.45, 2.75) is 76.3 Å². The van der Waals surface area contributed by atoms with Crippen molar-refractivity contribution >= 4 is 11.9 Å². The molecule has 2 saturated heterocycles. The molecular weight excluding hydrogens is 532 g/mol. The minimum absolute atomic E-state index is 0.124. The lowest BCUT2D eigenvalue weighted by Gasteiger charge is -2.42. The van der Waals surface area contributed by atoms with Crippen molar-refractivity contribution in [2.75, 3.05) is 19.1 Å². The normalized spacial score (nSPS) is 22.3. The van der Waals surface area contributed by atoms with Gasteiger partial charge in [-0.1, -0.05) is 12.1 Å². The van der Waals surface area contributed by atoms with Gasteiger partial charge in [0, 0.05) is 42.7 Å². The Labute approximate surface area is 237 Å². The van der Waals surface area contributed by atoms with Gasteiger partial charge in [0.05, 0.1) is 13.3 Å². The average molecular weight is 566 g/mol. The smallest absolute Gasteiger partial charge is 0.411 e. The summed E-state index contributed by atoms with van der Waals surface area (Å²) in [5.41, 5.74) is 4.01. The number of amides is 1. The molecule has 6 rings (SSSR count). The van der Waals surface area contributed by atoms with Gasteiger partial charge in [-0.15, -0.1) is 5.10 Å². The van der Waals surface area contributed by atoms with Gasteiger partial charge in [0.2, 0.25) is 11.8 Å². The van der Waals surface area contributed by atoms with E-state index in [4.69, 9.17) is 19.2 Å². The molecule has 3 aliphatic heterocycles. The zero-order chi connectivity index (χ0) is 29.1. The fourth-order valence-corrected chi connectivity index (χ4v) is 6.10. The number of fused-ring (bicyclic) bond motifs is 5. The molecule has 0 spiro atoms. The summed E-state index contributed by atoms with van der Waals surface area (Å²) in [6.45, 7) is 5.56. The number of ether oxygens (including phenoxy) is 3. The van der Waals surface area contributed by atoms with Gasteiger partial charge < -0.3 is 19.1 Å². The van der Waals surface area contributed by atoms with E-state index in [1.807, 2.05) is 42.3 Å².